The number of nitrogens with one attached hydrogen (secondary N) is 5. The highest BCUT2D eigenvalue weighted by atomic mass is 16.5. The monoisotopic (exact) mass is 544 g/mol. The molecular weight excluding hydrogens is 508 g/mol. The summed E-state index contributed by atoms with van der Waals surface area (Å²) < 4.78 is 5.60. The molecule has 11 heteroatoms. The number of aromatic amines is 1. The van der Waals surface area contributed by atoms with Crippen molar-refractivity contribution in [2.45, 2.75) is 13.3 Å². The van der Waals surface area contributed by atoms with Crippen LogP contribution in [0.4, 0.5) is 28.4 Å². The second-order valence-electron chi connectivity index (χ2n) is 10.6. The van der Waals surface area contributed by atoms with E-state index in [9.17, 15) is 9.59 Å². The molecule has 2 saturated heterocycles. The van der Waals surface area contributed by atoms with E-state index in [0.29, 0.717) is 36.1 Å². The first-order chi connectivity index (χ1) is 19.5. The molecule has 0 unspecified atom stereocenters. The van der Waals surface area contributed by atoms with Gasteiger partial charge in [-0.1, -0.05) is 0 Å². The maximum Gasteiger partial charge on any atom is 0.263 e. The summed E-state index contributed by atoms with van der Waals surface area (Å²) in [4.78, 5) is 38.0. The van der Waals surface area contributed by atoms with E-state index in [1.807, 2.05) is 31.2 Å². The lowest BCUT2D eigenvalue weighted by Crippen LogP contribution is -2.48. The van der Waals surface area contributed by atoms with E-state index < -0.39 is 11.5 Å². The van der Waals surface area contributed by atoms with Gasteiger partial charge in [-0.25, -0.2) is 4.98 Å². The van der Waals surface area contributed by atoms with Gasteiger partial charge < -0.3 is 35.9 Å². The molecule has 1 amide bonds. The van der Waals surface area contributed by atoms with Gasteiger partial charge in [-0.05, 0) is 69.2 Å². The molecule has 0 aliphatic carbocycles. The zero-order chi connectivity index (χ0) is 27.5. The number of rotatable bonds is 8. The molecule has 3 aliphatic rings. The van der Waals surface area contributed by atoms with E-state index in [1.54, 1.807) is 12.3 Å². The van der Waals surface area contributed by atoms with Gasteiger partial charge in [0, 0.05) is 55.9 Å². The van der Waals surface area contributed by atoms with Crippen molar-refractivity contribution in [3.63, 3.8) is 0 Å². The van der Waals surface area contributed by atoms with Crippen LogP contribution in [0.2, 0.25) is 0 Å². The number of H-pyrrole nitrogens is 1. The Balaban J connectivity index is 1.10. The molecule has 0 saturated carbocycles. The smallest absolute Gasteiger partial charge is 0.263 e. The maximum absolute atomic E-state index is 13.3. The molecule has 210 valence electrons. The molecule has 2 aromatic heterocycles. The number of anilines is 5. The third-order valence-corrected chi connectivity index (χ3v) is 7.99. The van der Waals surface area contributed by atoms with Crippen LogP contribution in [0.5, 0.6) is 5.88 Å². The number of hydrogen-bond donors (Lipinski definition) is 5. The molecule has 2 fully saturated rings. The fraction of sp³-hybridized carbons (Fsp3) is 0.414. The van der Waals surface area contributed by atoms with Crippen molar-refractivity contribution in [3.05, 3.63) is 64.2 Å². The highest BCUT2D eigenvalue weighted by Crippen LogP contribution is 2.34. The van der Waals surface area contributed by atoms with Gasteiger partial charge in [0.25, 0.3) is 11.5 Å². The minimum Gasteiger partial charge on any atom is -0.474 e. The molecule has 0 spiro atoms. The molecular formula is C29H36N8O3. The zero-order valence-corrected chi connectivity index (χ0v) is 22.8. The van der Waals surface area contributed by atoms with Crippen LogP contribution in [0.1, 0.15) is 22.3 Å². The molecule has 3 aromatic rings. The van der Waals surface area contributed by atoms with Crippen LogP contribution in [0.15, 0.2) is 47.5 Å². The first-order valence-electron chi connectivity index (χ1n) is 14.0. The molecule has 0 atom stereocenters. The number of nitrogens with zero attached hydrogens (tertiary/aromatic N) is 3. The summed E-state index contributed by atoms with van der Waals surface area (Å²) >= 11 is 0. The second kappa shape index (κ2) is 11.6. The number of carbonyl (C=O) groups is 1. The van der Waals surface area contributed by atoms with Crippen molar-refractivity contribution in [1.82, 2.24) is 20.2 Å². The zero-order valence-electron chi connectivity index (χ0n) is 22.8. The third kappa shape index (κ3) is 5.61. The molecule has 6 rings (SSSR count). The van der Waals surface area contributed by atoms with E-state index in [0.717, 1.165) is 49.0 Å². The van der Waals surface area contributed by atoms with Gasteiger partial charge >= 0.3 is 0 Å². The van der Waals surface area contributed by atoms with Gasteiger partial charge in [0.15, 0.2) is 0 Å². The van der Waals surface area contributed by atoms with E-state index in [1.165, 1.54) is 32.3 Å². The Bertz CT molecular complexity index is 1410. The predicted octanol–water partition coefficient (Wildman–Crippen LogP) is 2.61. The lowest BCUT2D eigenvalue weighted by molar-refractivity contribution is 0.102. The molecule has 3 aliphatic heterocycles. The van der Waals surface area contributed by atoms with Crippen molar-refractivity contribution in [2.24, 2.45) is 5.92 Å². The normalized spacial score (nSPS) is 17.3. The summed E-state index contributed by atoms with van der Waals surface area (Å²) in [7, 11) is 0. The Morgan fingerprint density at radius 3 is 2.65 bits per heavy atom. The number of fused-ring (bicyclic) bond motifs is 1. The number of ether oxygens (including phenoxy) is 1. The van der Waals surface area contributed by atoms with Crippen molar-refractivity contribution in [3.8, 4) is 5.88 Å². The minimum atomic E-state index is -0.489. The van der Waals surface area contributed by atoms with Crippen LogP contribution in [0.25, 0.3) is 0 Å². The van der Waals surface area contributed by atoms with Crippen molar-refractivity contribution < 1.29 is 9.53 Å². The topological polar surface area (TPSA) is 127 Å². The molecule has 5 heterocycles. The van der Waals surface area contributed by atoms with Crippen LogP contribution in [0.3, 0.4) is 0 Å². The summed E-state index contributed by atoms with van der Waals surface area (Å²) in [5.74, 6) is 0.902. The van der Waals surface area contributed by atoms with E-state index in [-0.39, 0.29) is 5.56 Å². The highest BCUT2D eigenvalue weighted by Gasteiger charge is 2.22. The Labute approximate surface area is 233 Å². The lowest BCUT2D eigenvalue weighted by atomic mass is 9.99. The van der Waals surface area contributed by atoms with Gasteiger partial charge in [-0.2, -0.15) is 0 Å². The molecule has 11 nitrogen and oxygen atoms in total. The van der Waals surface area contributed by atoms with Crippen molar-refractivity contribution in [2.75, 3.05) is 79.8 Å². The Kier molecular flexibility index (Phi) is 7.56. The number of piperazine rings is 1. The van der Waals surface area contributed by atoms with E-state index >= 15 is 0 Å². The van der Waals surface area contributed by atoms with E-state index in [4.69, 9.17) is 4.74 Å². The minimum absolute atomic E-state index is 0.00158. The molecule has 0 radical (unpaired) electrons. The molecule has 5 N–H and O–H groups in total. The Morgan fingerprint density at radius 1 is 1.10 bits per heavy atom. The standard InChI is InChI=1S/C29H36N8O3/c1-19-24(18-33-29-26(19)31-9-15-40-29)35-23-6-8-32-27(38)25(23)28(39)34-21-2-4-22(5-3-21)37-13-11-36(12-14-37)10-7-20-16-30-17-20/h2-6,8,18,20,30-31H,7,9-17H2,1H3,(H,34,39)(H2,32,35,38). The third-order valence-electron chi connectivity index (χ3n) is 7.99. The first kappa shape index (κ1) is 26.1. The van der Waals surface area contributed by atoms with Crippen LogP contribution < -0.4 is 36.5 Å². The van der Waals surface area contributed by atoms with Crippen molar-refractivity contribution in [1.29, 1.82) is 0 Å². The van der Waals surface area contributed by atoms with Gasteiger partial charge in [0.1, 0.15) is 17.9 Å². The molecule has 1 aromatic carbocycles. The van der Waals surface area contributed by atoms with Crippen LogP contribution in [-0.4, -0.2) is 79.7 Å². The number of carbonyl (C=O) groups excluding carboxylic acids is 1. The number of benzene rings is 1. The largest absolute Gasteiger partial charge is 0.474 e. The van der Waals surface area contributed by atoms with Crippen LogP contribution in [0, 0.1) is 12.8 Å². The predicted molar refractivity (Wildman–Crippen MR) is 157 cm³/mol. The first-order valence-corrected chi connectivity index (χ1v) is 14.0. The average molecular weight is 545 g/mol. The summed E-state index contributed by atoms with van der Waals surface area (Å²) in [6.07, 6.45) is 4.44. The summed E-state index contributed by atoms with van der Waals surface area (Å²) in [6, 6.07) is 9.49. The average Bonchev–Trinajstić information content (AvgIpc) is 2.95. The van der Waals surface area contributed by atoms with Crippen LogP contribution >= 0.6 is 0 Å². The summed E-state index contributed by atoms with van der Waals surface area (Å²) in [5.41, 5.74) is 4.06. The number of hydrogen-bond acceptors (Lipinski definition) is 9. The second-order valence-corrected chi connectivity index (χ2v) is 10.6. The number of pyridine rings is 2. The van der Waals surface area contributed by atoms with E-state index in [2.05, 4.69) is 41.0 Å². The Morgan fingerprint density at radius 2 is 1.90 bits per heavy atom. The molecule has 40 heavy (non-hydrogen) atoms. The summed E-state index contributed by atoms with van der Waals surface area (Å²) in [5, 5.41) is 12.8. The maximum atomic E-state index is 13.3. The van der Waals surface area contributed by atoms with Gasteiger partial charge in [-0.3, -0.25) is 14.5 Å². The number of aromatic nitrogens is 2. The van der Waals surface area contributed by atoms with Gasteiger partial charge in [0.05, 0.1) is 17.6 Å². The fourth-order valence-electron chi connectivity index (χ4n) is 5.40. The Hall–Kier alpha value is -4.09. The van der Waals surface area contributed by atoms with Gasteiger partial charge in [-0.15, -0.1) is 0 Å². The van der Waals surface area contributed by atoms with Crippen LogP contribution in [-0.2, 0) is 0 Å². The molecule has 0 bridgehead atoms. The SMILES string of the molecule is Cc1c(Nc2cc[nH]c(=O)c2C(=O)Nc2ccc(N3CCN(CCC4CNC4)CC3)cc2)cnc2c1NCCO2. The fourth-order valence-corrected chi connectivity index (χ4v) is 5.40. The highest BCUT2D eigenvalue weighted by molar-refractivity contribution is 6.08. The van der Waals surface area contributed by atoms with Crippen molar-refractivity contribution >= 4 is 34.3 Å². The quantitative estimate of drug-likeness (QED) is 0.291. The lowest BCUT2D eigenvalue weighted by Gasteiger charge is -2.37. The summed E-state index contributed by atoms with van der Waals surface area (Å²) in [6.45, 7) is 10.8. The number of amides is 1. The van der Waals surface area contributed by atoms with Gasteiger partial charge in [0.2, 0.25) is 5.88 Å².